The molecule has 1 rings (SSSR count). The second-order valence-electron chi connectivity index (χ2n) is 4.67. The standard InChI is InChI=1S/C13H20F2N2O/c1-8(2)13(18-3)12(17-16)7-9-4-5-10(14)11(15)6-9/h4-6,8,12-13,17H,7,16H2,1-3H3. The number of nitrogens with two attached hydrogens (primary N) is 1. The van der Waals surface area contributed by atoms with Crippen molar-refractivity contribution in [1.82, 2.24) is 5.43 Å². The van der Waals surface area contributed by atoms with Crippen molar-refractivity contribution < 1.29 is 13.5 Å². The van der Waals surface area contributed by atoms with Crippen LogP contribution in [0, 0.1) is 17.6 Å². The van der Waals surface area contributed by atoms with Gasteiger partial charge in [-0.15, -0.1) is 0 Å². The van der Waals surface area contributed by atoms with Gasteiger partial charge in [0.1, 0.15) is 0 Å². The lowest BCUT2D eigenvalue weighted by Crippen LogP contribution is -2.48. The quantitative estimate of drug-likeness (QED) is 0.606. The van der Waals surface area contributed by atoms with Crippen LogP contribution in [0.1, 0.15) is 19.4 Å². The van der Waals surface area contributed by atoms with Crippen molar-refractivity contribution in [3.05, 3.63) is 35.4 Å². The number of hydrazine groups is 1. The van der Waals surface area contributed by atoms with E-state index in [-0.39, 0.29) is 18.1 Å². The Labute approximate surface area is 106 Å². The summed E-state index contributed by atoms with van der Waals surface area (Å²) in [6, 6.07) is 3.71. The maximum Gasteiger partial charge on any atom is 0.159 e. The van der Waals surface area contributed by atoms with E-state index in [1.54, 1.807) is 13.2 Å². The minimum atomic E-state index is -0.846. The van der Waals surface area contributed by atoms with E-state index in [4.69, 9.17) is 10.6 Å². The average molecular weight is 258 g/mol. The Hall–Kier alpha value is -1.04. The molecule has 0 heterocycles. The smallest absolute Gasteiger partial charge is 0.159 e. The lowest BCUT2D eigenvalue weighted by atomic mass is 9.94. The number of halogens is 2. The first kappa shape index (κ1) is 15.0. The van der Waals surface area contributed by atoms with Crippen LogP contribution in [0.3, 0.4) is 0 Å². The van der Waals surface area contributed by atoms with Crippen LogP contribution in [0.5, 0.6) is 0 Å². The summed E-state index contributed by atoms with van der Waals surface area (Å²) in [5, 5.41) is 0. The maximum absolute atomic E-state index is 13.1. The minimum absolute atomic E-state index is 0.0943. The lowest BCUT2D eigenvalue weighted by Gasteiger charge is -2.28. The molecule has 0 saturated heterocycles. The number of ether oxygens (including phenoxy) is 1. The Kier molecular flexibility index (Phi) is 5.65. The van der Waals surface area contributed by atoms with E-state index < -0.39 is 11.6 Å². The van der Waals surface area contributed by atoms with Gasteiger partial charge in [-0.05, 0) is 30.0 Å². The number of benzene rings is 1. The molecule has 0 aliphatic heterocycles. The van der Waals surface area contributed by atoms with Gasteiger partial charge in [0.05, 0.1) is 12.1 Å². The summed E-state index contributed by atoms with van der Waals surface area (Å²) in [4.78, 5) is 0. The highest BCUT2D eigenvalue weighted by Gasteiger charge is 2.23. The number of methoxy groups -OCH3 is 1. The molecule has 2 atom stereocenters. The Balaban J connectivity index is 2.81. The second kappa shape index (κ2) is 6.78. The molecule has 0 aliphatic carbocycles. The molecule has 18 heavy (non-hydrogen) atoms. The first-order valence-corrected chi connectivity index (χ1v) is 5.92. The van der Waals surface area contributed by atoms with Gasteiger partial charge in [-0.3, -0.25) is 11.3 Å². The van der Waals surface area contributed by atoms with Gasteiger partial charge in [-0.2, -0.15) is 0 Å². The molecule has 0 radical (unpaired) electrons. The van der Waals surface area contributed by atoms with E-state index >= 15 is 0 Å². The lowest BCUT2D eigenvalue weighted by molar-refractivity contribution is 0.0332. The van der Waals surface area contributed by atoms with Gasteiger partial charge in [0.25, 0.3) is 0 Å². The van der Waals surface area contributed by atoms with Crippen LogP contribution in [0.15, 0.2) is 18.2 Å². The van der Waals surface area contributed by atoms with Crippen molar-refractivity contribution in [2.45, 2.75) is 32.4 Å². The third-order valence-electron chi connectivity index (χ3n) is 2.98. The van der Waals surface area contributed by atoms with Crippen LogP contribution in [0.25, 0.3) is 0 Å². The Bertz CT molecular complexity index is 385. The van der Waals surface area contributed by atoms with Crippen molar-refractivity contribution in [2.24, 2.45) is 11.8 Å². The first-order valence-electron chi connectivity index (χ1n) is 5.92. The van der Waals surface area contributed by atoms with Crippen LogP contribution in [-0.2, 0) is 11.2 Å². The number of rotatable bonds is 6. The molecule has 0 amide bonds. The molecular formula is C13H20F2N2O. The van der Waals surface area contributed by atoms with Crippen LogP contribution in [-0.4, -0.2) is 19.3 Å². The fourth-order valence-electron chi connectivity index (χ4n) is 2.09. The second-order valence-corrected chi connectivity index (χ2v) is 4.67. The summed E-state index contributed by atoms with van der Waals surface area (Å²) >= 11 is 0. The summed E-state index contributed by atoms with van der Waals surface area (Å²) in [5.74, 6) is 4.08. The van der Waals surface area contributed by atoms with Crippen molar-refractivity contribution in [3.8, 4) is 0 Å². The summed E-state index contributed by atoms with van der Waals surface area (Å²) in [6.07, 6.45) is 0.382. The Morgan fingerprint density at radius 1 is 1.28 bits per heavy atom. The van der Waals surface area contributed by atoms with Crippen molar-refractivity contribution in [1.29, 1.82) is 0 Å². The van der Waals surface area contributed by atoms with E-state index in [9.17, 15) is 8.78 Å². The zero-order chi connectivity index (χ0) is 13.7. The minimum Gasteiger partial charge on any atom is -0.380 e. The summed E-state index contributed by atoms with van der Waals surface area (Å²) in [5.41, 5.74) is 3.36. The summed E-state index contributed by atoms with van der Waals surface area (Å²) < 4.78 is 31.3. The van der Waals surface area contributed by atoms with Gasteiger partial charge >= 0.3 is 0 Å². The van der Waals surface area contributed by atoms with Crippen molar-refractivity contribution in [3.63, 3.8) is 0 Å². The molecule has 1 aromatic rings. The first-order chi connectivity index (χ1) is 8.49. The Morgan fingerprint density at radius 3 is 2.39 bits per heavy atom. The van der Waals surface area contributed by atoms with Gasteiger partial charge in [-0.1, -0.05) is 19.9 Å². The topological polar surface area (TPSA) is 47.3 Å². The highest BCUT2D eigenvalue weighted by atomic mass is 19.2. The van der Waals surface area contributed by atoms with Gasteiger partial charge in [0.2, 0.25) is 0 Å². The van der Waals surface area contributed by atoms with Crippen LogP contribution >= 0.6 is 0 Å². The highest BCUT2D eigenvalue weighted by molar-refractivity contribution is 5.19. The summed E-state index contributed by atoms with van der Waals surface area (Å²) in [7, 11) is 1.61. The molecule has 0 aliphatic rings. The molecule has 3 N–H and O–H groups in total. The molecule has 0 saturated carbocycles. The number of hydrogen-bond donors (Lipinski definition) is 2. The van der Waals surface area contributed by atoms with Gasteiger partial charge in [0.15, 0.2) is 11.6 Å². The molecule has 2 unspecified atom stereocenters. The summed E-state index contributed by atoms with van der Waals surface area (Å²) in [6.45, 7) is 4.04. The molecular weight excluding hydrogens is 238 g/mol. The normalized spacial score (nSPS) is 14.8. The molecule has 1 aromatic carbocycles. The molecule has 0 aromatic heterocycles. The van der Waals surface area contributed by atoms with Gasteiger partial charge < -0.3 is 4.74 Å². The number of nitrogens with one attached hydrogen (secondary N) is 1. The molecule has 102 valence electrons. The van der Waals surface area contributed by atoms with E-state index in [1.165, 1.54) is 6.07 Å². The fourth-order valence-corrected chi connectivity index (χ4v) is 2.09. The van der Waals surface area contributed by atoms with Crippen molar-refractivity contribution in [2.75, 3.05) is 7.11 Å². The SMILES string of the molecule is COC(C(C)C)C(Cc1ccc(F)c(F)c1)NN. The molecule has 0 spiro atoms. The Morgan fingerprint density at radius 2 is 1.94 bits per heavy atom. The predicted octanol–water partition coefficient (Wildman–Crippen LogP) is 2.01. The molecule has 5 heteroatoms. The van der Waals surface area contributed by atoms with E-state index in [2.05, 4.69) is 5.43 Å². The van der Waals surface area contributed by atoms with Gasteiger partial charge in [0, 0.05) is 7.11 Å². The van der Waals surface area contributed by atoms with Crippen LogP contribution in [0.2, 0.25) is 0 Å². The van der Waals surface area contributed by atoms with E-state index in [0.29, 0.717) is 12.0 Å². The van der Waals surface area contributed by atoms with Crippen LogP contribution < -0.4 is 11.3 Å². The van der Waals surface area contributed by atoms with E-state index in [1.807, 2.05) is 13.8 Å². The largest absolute Gasteiger partial charge is 0.380 e. The maximum atomic E-state index is 13.1. The fraction of sp³-hybridized carbons (Fsp3) is 0.538. The highest BCUT2D eigenvalue weighted by Crippen LogP contribution is 2.16. The van der Waals surface area contributed by atoms with Crippen LogP contribution in [0.4, 0.5) is 8.78 Å². The molecule has 0 fully saturated rings. The number of hydrogen-bond acceptors (Lipinski definition) is 3. The third kappa shape index (κ3) is 3.73. The monoisotopic (exact) mass is 258 g/mol. The van der Waals surface area contributed by atoms with Gasteiger partial charge in [-0.25, -0.2) is 8.78 Å². The molecule has 0 bridgehead atoms. The van der Waals surface area contributed by atoms with Crippen molar-refractivity contribution >= 4 is 0 Å². The van der Waals surface area contributed by atoms with E-state index in [0.717, 1.165) is 6.07 Å². The third-order valence-corrected chi connectivity index (χ3v) is 2.98. The zero-order valence-corrected chi connectivity index (χ0v) is 10.9. The average Bonchev–Trinajstić information content (AvgIpc) is 2.33. The predicted molar refractivity (Wildman–Crippen MR) is 66.8 cm³/mol. The molecule has 3 nitrogen and oxygen atoms in total. The zero-order valence-electron chi connectivity index (χ0n) is 10.9.